The van der Waals surface area contributed by atoms with E-state index in [0.717, 1.165) is 16.9 Å². The zero-order valence-corrected chi connectivity index (χ0v) is 16.7. The molecule has 29 heavy (non-hydrogen) atoms. The molecule has 7 nitrogen and oxygen atoms in total. The van der Waals surface area contributed by atoms with Crippen molar-refractivity contribution in [3.63, 3.8) is 0 Å². The summed E-state index contributed by atoms with van der Waals surface area (Å²) in [6, 6.07) is 1.35. The number of nitrogens with zero attached hydrogens (tertiary/aromatic N) is 4. The van der Waals surface area contributed by atoms with Gasteiger partial charge in [0.25, 0.3) is 0 Å². The molecule has 158 valence electrons. The van der Waals surface area contributed by atoms with Crippen LogP contribution in [-0.4, -0.2) is 30.9 Å². The van der Waals surface area contributed by atoms with Crippen molar-refractivity contribution in [3.05, 3.63) is 45.9 Å². The minimum Gasteiger partial charge on any atom is -0.458 e. The maximum Gasteiger partial charge on any atom is 0.433 e. The number of aromatic nitrogens is 4. The van der Waals surface area contributed by atoms with Crippen molar-refractivity contribution in [2.45, 2.75) is 70.8 Å². The third-order valence-electron chi connectivity index (χ3n) is 4.65. The molecule has 0 fully saturated rings. The zero-order valence-electron chi connectivity index (χ0n) is 16.7. The van der Waals surface area contributed by atoms with Crippen LogP contribution in [0.3, 0.4) is 0 Å². The first-order valence-electron chi connectivity index (χ1n) is 9.31. The second-order valence-electron chi connectivity index (χ2n) is 8.25. The molecule has 2 unspecified atom stereocenters. The Morgan fingerprint density at radius 1 is 1.24 bits per heavy atom. The quantitative estimate of drug-likeness (QED) is 0.723. The fourth-order valence-corrected chi connectivity index (χ4v) is 3.29. The van der Waals surface area contributed by atoms with Gasteiger partial charge in [0, 0.05) is 12.1 Å². The largest absolute Gasteiger partial charge is 0.458 e. The molecule has 0 radical (unpaired) electrons. The summed E-state index contributed by atoms with van der Waals surface area (Å²) in [5.41, 5.74) is -1.79. The molecule has 2 aromatic heterocycles. The predicted molar refractivity (Wildman–Crippen MR) is 97.4 cm³/mol. The van der Waals surface area contributed by atoms with Crippen LogP contribution in [0.5, 0.6) is 0 Å². The van der Waals surface area contributed by atoms with Crippen LogP contribution in [0.25, 0.3) is 0 Å². The standard InChI is InChI=1S/C19H23F3N4O3/c1-11-5-7-13(16(27)29-18(2,3)4)26-15(11)24-25(17(26)28)10-12-6-8-14(23-9-12)19(20,21)22/h6,8-9,11,13H,5,7,10H2,1-4H3. The highest BCUT2D eigenvalue weighted by molar-refractivity contribution is 5.75. The summed E-state index contributed by atoms with van der Waals surface area (Å²) in [6.45, 7) is 7.12. The van der Waals surface area contributed by atoms with E-state index in [-0.39, 0.29) is 12.5 Å². The lowest BCUT2D eigenvalue weighted by molar-refractivity contribution is -0.160. The van der Waals surface area contributed by atoms with E-state index in [1.54, 1.807) is 20.8 Å². The van der Waals surface area contributed by atoms with Crippen molar-refractivity contribution in [1.82, 2.24) is 19.3 Å². The minimum absolute atomic E-state index is 0.0339. The van der Waals surface area contributed by atoms with Crippen molar-refractivity contribution >= 4 is 5.97 Å². The molecule has 3 heterocycles. The summed E-state index contributed by atoms with van der Waals surface area (Å²) >= 11 is 0. The van der Waals surface area contributed by atoms with E-state index in [4.69, 9.17) is 4.74 Å². The van der Waals surface area contributed by atoms with Gasteiger partial charge in [-0.1, -0.05) is 13.0 Å². The lowest BCUT2D eigenvalue weighted by Crippen LogP contribution is -2.38. The number of pyridine rings is 1. The van der Waals surface area contributed by atoms with E-state index < -0.39 is 35.2 Å². The van der Waals surface area contributed by atoms with Gasteiger partial charge in [0.15, 0.2) is 0 Å². The van der Waals surface area contributed by atoms with Crippen LogP contribution >= 0.6 is 0 Å². The number of ether oxygens (including phenoxy) is 1. The van der Waals surface area contributed by atoms with Crippen LogP contribution in [0.2, 0.25) is 0 Å². The Labute approximate surface area is 165 Å². The molecule has 0 aromatic carbocycles. The number of alkyl halides is 3. The summed E-state index contributed by atoms with van der Waals surface area (Å²) in [4.78, 5) is 28.9. The van der Waals surface area contributed by atoms with Crippen LogP contribution < -0.4 is 5.69 Å². The number of carbonyl (C=O) groups excluding carboxylic acids is 1. The first-order valence-corrected chi connectivity index (χ1v) is 9.31. The molecule has 0 amide bonds. The van der Waals surface area contributed by atoms with Crippen LogP contribution in [0.15, 0.2) is 23.1 Å². The van der Waals surface area contributed by atoms with E-state index in [2.05, 4.69) is 10.1 Å². The van der Waals surface area contributed by atoms with E-state index in [9.17, 15) is 22.8 Å². The number of hydrogen-bond acceptors (Lipinski definition) is 5. The first kappa shape index (κ1) is 21.1. The van der Waals surface area contributed by atoms with Gasteiger partial charge in [0.2, 0.25) is 0 Å². The van der Waals surface area contributed by atoms with Gasteiger partial charge in [0.05, 0.1) is 6.54 Å². The summed E-state index contributed by atoms with van der Waals surface area (Å²) in [7, 11) is 0. The van der Waals surface area contributed by atoms with Crippen LogP contribution in [0, 0.1) is 0 Å². The van der Waals surface area contributed by atoms with Crippen LogP contribution in [0.1, 0.15) is 69.6 Å². The lowest BCUT2D eigenvalue weighted by Gasteiger charge is -2.28. The number of fused-ring (bicyclic) bond motifs is 1. The summed E-state index contributed by atoms with van der Waals surface area (Å²) < 4.78 is 45.9. The molecule has 0 spiro atoms. The number of esters is 1. The van der Waals surface area contributed by atoms with Gasteiger partial charge >= 0.3 is 17.8 Å². The second-order valence-corrected chi connectivity index (χ2v) is 8.25. The highest BCUT2D eigenvalue weighted by Crippen LogP contribution is 2.32. The third-order valence-corrected chi connectivity index (χ3v) is 4.65. The molecular weight excluding hydrogens is 389 g/mol. The van der Waals surface area contributed by atoms with Gasteiger partial charge in [-0.15, -0.1) is 0 Å². The molecule has 0 bridgehead atoms. The predicted octanol–water partition coefficient (Wildman–Crippen LogP) is 3.29. The minimum atomic E-state index is -4.53. The summed E-state index contributed by atoms with van der Waals surface area (Å²) in [5.74, 6) is -0.0613. The van der Waals surface area contributed by atoms with Gasteiger partial charge in [-0.2, -0.15) is 18.3 Å². The Hall–Kier alpha value is -2.65. The SMILES string of the molecule is CC1CCC(C(=O)OC(C)(C)C)n2c1nn(Cc1ccc(C(F)(F)F)nc1)c2=O. The molecule has 2 aromatic rings. The van der Waals surface area contributed by atoms with E-state index in [1.165, 1.54) is 10.6 Å². The fraction of sp³-hybridized carbons (Fsp3) is 0.579. The Balaban J connectivity index is 1.91. The Morgan fingerprint density at radius 3 is 2.48 bits per heavy atom. The van der Waals surface area contributed by atoms with E-state index >= 15 is 0 Å². The molecule has 1 aliphatic heterocycles. The van der Waals surface area contributed by atoms with Crippen LogP contribution in [-0.2, 0) is 22.3 Å². The Kier molecular flexibility index (Phi) is 5.31. The highest BCUT2D eigenvalue weighted by atomic mass is 19.4. The number of halogens is 3. The molecular formula is C19H23F3N4O3. The van der Waals surface area contributed by atoms with Crippen molar-refractivity contribution in [2.75, 3.05) is 0 Å². The number of hydrogen-bond donors (Lipinski definition) is 0. The Morgan fingerprint density at radius 2 is 1.93 bits per heavy atom. The first-order chi connectivity index (χ1) is 13.4. The highest BCUT2D eigenvalue weighted by Gasteiger charge is 2.36. The maximum absolute atomic E-state index is 12.9. The van der Waals surface area contributed by atoms with E-state index in [1.807, 2.05) is 6.92 Å². The van der Waals surface area contributed by atoms with E-state index in [0.29, 0.717) is 24.2 Å². The normalized spacial score (nSPS) is 19.7. The maximum atomic E-state index is 12.9. The monoisotopic (exact) mass is 412 g/mol. The third kappa shape index (κ3) is 4.51. The molecule has 0 aliphatic carbocycles. The van der Waals surface area contributed by atoms with Gasteiger partial charge in [-0.05, 0) is 45.2 Å². The van der Waals surface area contributed by atoms with Gasteiger partial charge in [-0.25, -0.2) is 14.3 Å². The molecule has 10 heteroatoms. The topological polar surface area (TPSA) is 79.0 Å². The molecule has 2 atom stereocenters. The summed E-state index contributed by atoms with van der Waals surface area (Å²) in [6.07, 6.45) is -2.33. The average Bonchev–Trinajstić information content (AvgIpc) is 2.91. The molecule has 0 N–H and O–H groups in total. The average molecular weight is 412 g/mol. The lowest BCUT2D eigenvalue weighted by atomic mass is 9.96. The molecule has 0 saturated heterocycles. The van der Waals surface area contributed by atoms with Crippen molar-refractivity contribution < 1.29 is 22.7 Å². The molecule has 3 rings (SSSR count). The Bertz CT molecular complexity index is 955. The van der Waals surface area contributed by atoms with Crippen molar-refractivity contribution in [2.24, 2.45) is 0 Å². The fourth-order valence-electron chi connectivity index (χ4n) is 3.29. The van der Waals surface area contributed by atoms with Gasteiger partial charge < -0.3 is 4.74 Å². The molecule has 1 aliphatic rings. The van der Waals surface area contributed by atoms with Crippen molar-refractivity contribution in [1.29, 1.82) is 0 Å². The van der Waals surface area contributed by atoms with Gasteiger partial charge in [0.1, 0.15) is 23.2 Å². The second kappa shape index (κ2) is 7.31. The molecule has 0 saturated carbocycles. The summed E-state index contributed by atoms with van der Waals surface area (Å²) in [5, 5.41) is 4.34. The number of carbonyl (C=O) groups is 1. The smallest absolute Gasteiger partial charge is 0.433 e. The van der Waals surface area contributed by atoms with Gasteiger partial charge in [-0.3, -0.25) is 9.55 Å². The number of rotatable bonds is 3. The van der Waals surface area contributed by atoms with Crippen molar-refractivity contribution in [3.8, 4) is 0 Å². The zero-order chi connectivity index (χ0) is 21.6. The van der Waals surface area contributed by atoms with Crippen LogP contribution in [0.4, 0.5) is 13.2 Å².